The molecule has 0 aromatic carbocycles. The van der Waals surface area contributed by atoms with Gasteiger partial charge in [-0.3, -0.25) is 19.2 Å². The molecule has 2 atom stereocenters. The fourth-order valence-electron chi connectivity index (χ4n) is 3.75. The zero-order valence-corrected chi connectivity index (χ0v) is 18.4. The molecule has 2 aliphatic rings. The quantitative estimate of drug-likeness (QED) is 0.585. The van der Waals surface area contributed by atoms with Crippen LogP contribution in [0, 0.1) is 11.8 Å². The number of carbonyl (C=O) groups excluding carboxylic acids is 4. The first-order chi connectivity index (χ1) is 14.3. The number of carbonyl (C=O) groups is 4. The third-order valence-corrected chi connectivity index (χ3v) is 5.64. The molecule has 4 amide bonds. The molecular weight excluding hydrogens is 388 g/mol. The van der Waals surface area contributed by atoms with Crippen LogP contribution in [0.5, 0.6) is 0 Å². The van der Waals surface area contributed by atoms with Crippen molar-refractivity contribution in [2.24, 2.45) is 11.8 Å². The molecule has 2 fully saturated rings. The van der Waals surface area contributed by atoms with Crippen LogP contribution in [0.25, 0.3) is 0 Å². The van der Waals surface area contributed by atoms with Crippen LogP contribution in [-0.4, -0.2) is 73.5 Å². The highest BCUT2D eigenvalue weighted by atomic mass is 16.5. The van der Waals surface area contributed by atoms with Crippen molar-refractivity contribution in [2.45, 2.75) is 65.0 Å². The van der Waals surface area contributed by atoms with Crippen molar-refractivity contribution in [3.05, 3.63) is 0 Å². The van der Waals surface area contributed by atoms with Crippen LogP contribution in [0.15, 0.2) is 0 Å². The molecule has 2 aliphatic heterocycles. The highest BCUT2D eigenvalue weighted by Gasteiger charge is 2.28. The molecule has 0 spiro atoms. The van der Waals surface area contributed by atoms with Crippen molar-refractivity contribution in [3.8, 4) is 0 Å². The Labute approximate surface area is 178 Å². The summed E-state index contributed by atoms with van der Waals surface area (Å²) in [5.74, 6) is -0.927. The van der Waals surface area contributed by atoms with E-state index in [1.54, 1.807) is 6.92 Å². The Morgan fingerprint density at radius 2 is 1.70 bits per heavy atom. The molecule has 170 valence electrons. The van der Waals surface area contributed by atoms with Gasteiger partial charge in [0.1, 0.15) is 12.1 Å². The minimum absolute atomic E-state index is 0.0450. The number of rotatable bonds is 2. The zero-order valence-electron chi connectivity index (χ0n) is 18.4. The topological polar surface area (TPSA) is 117 Å². The molecule has 0 bridgehead atoms. The molecule has 2 rings (SSSR count). The Morgan fingerprint density at radius 1 is 1.03 bits per heavy atom. The van der Waals surface area contributed by atoms with Gasteiger partial charge in [0.15, 0.2) is 0 Å². The fraction of sp³-hybridized carbons (Fsp3) is 0.810. The highest BCUT2D eigenvalue weighted by Crippen LogP contribution is 2.18. The van der Waals surface area contributed by atoms with Gasteiger partial charge >= 0.3 is 0 Å². The van der Waals surface area contributed by atoms with Gasteiger partial charge in [-0.2, -0.15) is 0 Å². The van der Waals surface area contributed by atoms with Crippen molar-refractivity contribution < 1.29 is 23.9 Å². The van der Waals surface area contributed by atoms with E-state index in [0.29, 0.717) is 58.5 Å². The van der Waals surface area contributed by atoms with Gasteiger partial charge in [-0.15, -0.1) is 0 Å². The second-order valence-electron chi connectivity index (χ2n) is 8.48. The number of hydrogen-bond donors (Lipinski definition) is 3. The molecule has 2 heterocycles. The van der Waals surface area contributed by atoms with E-state index in [2.05, 4.69) is 16.0 Å². The standard InChI is InChI=1S/C21H36N4O5/c1-14(2)18-20(28)22-9-5-11-25(21(29)16-7-12-30-13-8-16)10-4-6-17(26)23-15(3)19(27)24-18/h14-16,18H,4-13H2,1-3H3,(H,22,28)(H,23,26)(H,24,27)/t15-,18-/m1/s1. The average molecular weight is 425 g/mol. The van der Waals surface area contributed by atoms with Crippen LogP contribution >= 0.6 is 0 Å². The molecular formula is C21H36N4O5. The summed E-state index contributed by atoms with van der Waals surface area (Å²) in [6.07, 6.45) is 2.81. The van der Waals surface area contributed by atoms with Gasteiger partial charge in [-0.1, -0.05) is 13.8 Å². The van der Waals surface area contributed by atoms with E-state index in [0.717, 1.165) is 0 Å². The monoisotopic (exact) mass is 424 g/mol. The van der Waals surface area contributed by atoms with Gasteiger partial charge in [-0.25, -0.2) is 0 Å². The molecule has 0 saturated carbocycles. The summed E-state index contributed by atoms with van der Waals surface area (Å²) in [5, 5.41) is 8.28. The molecule has 0 unspecified atom stereocenters. The first kappa shape index (κ1) is 24.1. The summed E-state index contributed by atoms with van der Waals surface area (Å²) in [7, 11) is 0. The van der Waals surface area contributed by atoms with Crippen molar-refractivity contribution in [3.63, 3.8) is 0 Å². The largest absolute Gasteiger partial charge is 0.381 e. The van der Waals surface area contributed by atoms with Crippen molar-refractivity contribution in [1.29, 1.82) is 0 Å². The Morgan fingerprint density at radius 3 is 2.37 bits per heavy atom. The van der Waals surface area contributed by atoms with Crippen LogP contribution < -0.4 is 16.0 Å². The molecule has 0 aromatic heterocycles. The lowest BCUT2D eigenvalue weighted by atomic mass is 9.98. The maximum Gasteiger partial charge on any atom is 0.242 e. The van der Waals surface area contributed by atoms with E-state index in [9.17, 15) is 19.2 Å². The molecule has 3 N–H and O–H groups in total. The summed E-state index contributed by atoms with van der Waals surface area (Å²) < 4.78 is 5.36. The molecule has 30 heavy (non-hydrogen) atoms. The van der Waals surface area contributed by atoms with Crippen LogP contribution in [0.1, 0.15) is 52.9 Å². The molecule has 9 heteroatoms. The lowest BCUT2D eigenvalue weighted by Gasteiger charge is -2.29. The van der Waals surface area contributed by atoms with E-state index < -0.39 is 12.1 Å². The van der Waals surface area contributed by atoms with Crippen LogP contribution in [0.2, 0.25) is 0 Å². The predicted octanol–water partition coefficient (Wildman–Crippen LogP) is 0.187. The number of ether oxygens (including phenoxy) is 1. The van der Waals surface area contributed by atoms with Crippen LogP contribution in [0.3, 0.4) is 0 Å². The van der Waals surface area contributed by atoms with Crippen LogP contribution in [-0.2, 0) is 23.9 Å². The Balaban J connectivity index is 2.07. The average Bonchev–Trinajstić information content (AvgIpc) is 2.72. The Hall–Kier alpha value is -2.16. The van der Waals surface area contributed by atoms with E-state index in [4.69, 9.17) is 4.74 Å². The van der Waals surface area contributed by atoms with Crippen molar-refractivity contribution in [2.75, 3.05) is 32.8 Å². The molecule has 9 nitrogen and oxygen atoms in total. The maximum absolute atomic E-state index is 13.0. The summed E-state index contributed by atoms with van der Waals surface area (Å²) in [5.41, 5.74) is 0. The summed E-state index contributed by atoms with van der Waals surface area (Å²) in [4.78, 5) is 52.0. The van der Waals surface area contributed by atoms with Gasteiger partial charge in [0, 0.05) is 45.2 Å². The van der Waals surface area contributed by atoms with Crippen molar-refractivity contribution in [1.82, 2.24) is 20.9 Å². The van der Waals surface area contributed by atoms with Crippen molar-refractivity contribution >= 4 is 23.6 Å². The molecule has 0 aromatic rings. The molecule has 0 aliphatic carbocycles. The van der Waals surface area contributed by atoms with Crippen LogP contribution in [0.4, 0.5) is 0 Å². The summed E-state index contributed by atoms with van der Waals surface area (Å²) in [6, 6.07) is -1.42. The first-order valence-electron chi connectivity index (χ1n) is 11.0. The van der Waals surface area contributed by atoms with Gasteiger partial charge in [-0.05, 0) is 38.5 Å². The van der Waals surface area contributed by atoms with Gasteiger partial charge in [0.25, 0.3) is 0 Å². The minimum atomic E-state index is -0.739. The number of amides is 4. The number of hydrogen-bond acceptors (Lipinski definition) is 5. The van der Waals surface area contributed by atoms with E-state index in [1.807, 2.05) is 18.7 Å². The highest BCUT2D eigenvalue weighted by molar-refractivity contribution is 5.92. The number of nitrogens with zero attached hydrogens (tertiary/aromatic N) is 1. The normalized spacial score (nSPS) is 26.3. The van der Waals surface area contributed by atoms with E-state index in [1.165, 1.54) is 0 Å². The predicted molar refractivity (Wildman–Crippen MR) is 111 cm³/mol. The second-order valence-corrected chi connectivity index (χ2v) is 8.48. The minimum Gasteiger partial charge on any atom is -0.381 e. The Bertz CT molecular complexity index is 619. The lowest BCUT2D eigenvalue weighted by molar-refractivity contribution is -0.139. The Kier molecular flexibility index (Phi) is 9.55. The molecule has 2 saturated heterocycles. The second kappa shape index (κ2) is 11.9. The smallest absolute Gasteiger partial charge is 0.242 e. The lowest BCUT2D eigenvalue weighted by Crippen LogP contribution is -2.54. The van der Waals surface area contributed by atoms with Gasteiger partial charge in [0.05, 0.1) is 0 Å². The third kappa shape index (κ3) is 7.27. The van der Waals surface area contributed by atoms with Gasteiger partial charge in [0.2, 0.25) is 23.6 Å². The fourth-order valence-corrected chi connectivity index (χ4v) is 3.75. The third-order valence-electron chi connectivity index (χ3n) is 5.64. The van der Waals surface area contributed by atoms with E-state index >= 15 is 0 Å². The zero-order chi connectivity index (χ0) is 22.1. The summed E-state index contributed by atoms with van der Waals surface area (Å²) in [6.45, 7) is 7.92. The SMILES string of the molecule is CC(C)[C@H]1NC(=O)[C@@H](C)NC(=O)CCCN(C(=O)C2CCOCC2)CCCNC1=O. The van der Waals surface area contributed by atoms with Gasteiger partial charge < -0.3 is 25.6 Å². The first-order valence-corrected chi connectivity index (χ1v) is 11.0. The maximum atomic E-state index is 13.0. The van der Waals surface area contributed by atoms with E-state index in [-0.39, 0.29) is 41.9 Å². The molecule has 0 radical (unpaired) electrons. The summed E-state index contributed by atoms with van der Waals surface area (Å²) >= 11 is 0. The number of nitrogens with one attached hydrogen (secondary N) is 3.